The van der Waals surface area contributed by atoms with Gasteiger partial charge in [0, 0.05) is 18.1 Å². The lowest BCUT2D eigenvalue weighted by atomic mass is 10.2. The Morgan fingerprint density at radius 2 is 2.32 bits per heavy atom. The van der Waals surface area contributed by atoms with Gasteiger partial charge in [-0.25, -0.2) is 4.98 Å². The van der Waals surface area contributed by atoms with Crippen molar-refractivity contribution in [2.45, 2.75) is 6.54 Å². The van der Waals surface area contributed by atoms with Crippen LogP contribution >= 0.6 is 22.7 Å². The highest BCUT2D eigenvalue weighted by molar-refractivity contribution is 7.21. The van der Waals surface area contributed by atoms with Gasteiger partial charge in [-0.15, -0.1) is 11.3 Å². The molecular weight excluding hydrogens is 278 g/mol. The molecule has 0 aliphatic rings. The highest BCUT2D eigenvalue weighted by Crippen LogP contribution is 2.31. The summed E-state index contributed by atoms with van der Waals surface area (Å²) in [6, 6.07) is 5.68. The first-order valence-corrected chi connectivity index (χ1v) is 7.44. The number of hydrogen-bond donors (Lipinski definition) is 2. The molecule has 0 aromatic carbocycles. The maximum absolute atomic E-state index is 12.1. The van der Waals surface area contributed by atoms with Gasteiger partial charge in [-0.05, 0) is 34.5 Å². The van der Waals surface area contributed by atoms with Crippen LogP contribution in [0, 0.1) is 0 Å². The number of pyridine rings is 1. The Hall–Kier alpha value is -1.92. The van der Waals surface area contributed by atoms with E-state index in [1.54, 1.807) is 17.5 Å². The minimum atomic E-state index is -0.147. The number of fused-ring (bicyclic) bond motifs is 1. The van der Waals surface area contributed by atoms with E-state index in [0.717, 1.165) is 15.8 Å². The second kappa shape index (κ2) is 4.99. The Bertz CT molecular complexity index is 719. The minimum absolute atomic E-state index is 0.147. The number of amides is 1. The van der Waals surface area contributed by atoms with Gasteiger partial charge < -0.3 is 11.1 Å². The van der Waals surface area contributed by atoms with Crippen LogP contribution in [-0.2, 0) is 6.54 Å². The number of anilines is 1. The number of thiophene rings is 2. The quantitative estimate of drug-likeness (QED) is 0.779. The fraction of sp³-hybridized carbons (Fsp3) is 0.0769. The lowest BCUT2D eigenvalue weighted by Gasteiger charge is -2.02. The van der Waals surface area contributed by atoms with Crippen molar-refractivity contribution < 1.29 is 4.79 Å². The van der Waals surface area contributed by atoms with E-state index in [-0.39, 0.29) is 5.91 Å². The molecule has 3 aromatic rings. The van der Waals surface area contributed by atoms with E-state index in [9.17, 15) is 4.79 Å². The molecule has 0 bridgehead atoms. The van der Waals surface area contributed by atoms with Gasteiger partial charge in [-0.3, -0.25) is 4.79 Å². The molecule has 3 aromatic heterocycles. The van der Waals surface area contributed by atoms with Crippen LogP contribution < -0.4 is 11.1 Å². The molecule has 1 amide bonds. The fourth-order valence-electron chi connectivity index (χ4n) is 1.78. The molecule has 3 N–H and O–H groups in total. The van der Waals surface area contributed by atoms with Crippen LogP contribution in [0.25, 0.3) is 10.2 Å². The molecule has 0 spiro atoms. The molecule has 0 aliphatic heterocycles. The third-order valence-electron chi connectivity index (χ3n) is 2.74. The van der Waals surface area contributed by atoms with Crippen molar-refractivity contribution >= 4 is 44.5 Å². The number of nitrogens with zero attached hydrogens (tertiary/aromatic N) is 1. The van der Waals surface area contributed by atoms with Crippen LogP contribution in [0.3, 0.4) is 0 Å². The topological polar surface area (TPSA) is 68.0 Å². The largest absolute Gasteiger partial charge is 0.397 e. The van der Waals surface area contributed by atoms with Crippen molar-refractivity contribution in [3.8, 4) is 0 Å². The SMILES string of the molecule is Nc1c(C(=O)NCc2ccsc2)sc2ncccc12. The average Bonchev–Trinajstić information content (AvgIpc) is 3.05. The van der Waals surface area contributed by atoms with E-state index in [1.165, 1.54) is 11.3 Å². The minimum Gasteiger partial charge on any atom is -0.397 e. The number of aromatic nitrogens is 1. The number of nitrogen functional groups attached to an aromatic ring is 1. The third-order valence-corrected chi connectivity index (χ3v) is 4.60. The Kier molecular flexibility index (Phi) is 3.18. The van der Waals surface area contributed by atoms with Crippen LogP contribution in [0.1, 0.15) is 15.2 Å². The molecule has 0 aliphatic carbocycles. The van der Waals surface area contributed by atoms with E-state index < -0.39 is 0 Å². The Morgan fingerprint density at radius 3 is 3.05 bits per heavy atom. The van der Waals surface area contributed by atoms with Crippen molar-refractivity contribution in [3.63, 3.8) is 0 Å². The number of carbonyl (C=O) groups excluding carboxylic acids is 1. The molecule has 0 radical (unpaired) electrons. The van der Waals surface area contributed by atoms with Gasteiger partial charge in [0.2, 0.25) is 0 Å². The number of carbonyl (C=O) groups is 1. The van der Waals surface area contributed by atoms with Crippen molar-refractivity contribution in [2.24, 2.45) is 0 Å². The van der Waals surface area contributed by atoms with Crippen molar-refractivity contribution in [1.82, 2.24) is 10.3 Å². The summed E-state index contributed by atoms with van der Waals surface area (Å²) in [4.78, 5) is 17.7. The Balaban J connectivity index is 1.83. The number of rotatable bonds is 3. The Morgan fingerprint density at radius 1 is 1.42 bits per heavy atom. The van der Waals surface area contributed by atoms with Crippen LogP contribution in [0.15, 0.2) is 35.2 Å². The molecular formula is C13H11N3OS2. The van der Waals surface area contributed by atoms with Gasteiger partial charge in [0.15, 0.2) is 0 Å². The van der Waals surface area contributed by atoms with Gasteiger partial charge in [-0.2, -0.15) is 11.3 Å². The van der Waals surface area contributed by atoms with E-state index in [2.05, 4.69) is 10.3 Å². The highest BCUT2D eigenvalue weighted by atomic mass is 32.1. The summed E-state index contributed by atoms with van der Waals surface area (Å²) in [5.41, 5.74) is 7.60. The van der Waals surface area contributed by atoms with Crippen molar-refractivity contribution in [2.75, 3.05) is 5.73 Å². The van der Waals surface area contributed by atoms with Gasteiger partial charge in [0.05, 0.1) is 5.69 Å². The predicted octanol–water partition coefficient (Wildman–Crippen LogP) is 2.87. The first kappa shape index (κ1) is 12.1. The molecule has 3 rings (SSSR count). The zero-order valence-electron chi connectivity index (χ0n) is 9.92. The maximum Gasteiger partial charge on any atom is 0.263 e. The maximum atomic E-state index is 12.1. The molecule has 6 heteroatoms. The summed E-state index contributed by atoms with van der Waals surface area (Å²) in [6.07, 6.45) is 1.70. The van der Waals surface area contributed by atoms with Crippen LogP contribution in [-0.4, -0.2) is 10.9 Å². The normalized spacial score (nSPS) is 10.7. The molecule has 0 unspecified atom stereocenters. The molecule has 0 atom stereocenters. The summed E-state index contributed by atoms with van der Waals surface area (Å²) < 4.78 is 0. The molecule has 4 nitrogen and oxygen atoms in total. The van der Waals surface area contributed by atoms with E-state index in [4.69, 9.17) is 5.73 Å². The van der Waals surface area contributed by atoms with E-state index >= 15 is 0 Å². The second-order valence-electron chi connectivity index (χ2n) is 4.02. The summed E-state index contributed by atoms with van der Waals surface area (Å²) in [5, 5.41) is 7.71. The van der Waals surface area contributed by atoms with Crippen LogP contribution in [0.4, 0.5) is 5.69 Å². The molecule has 0 saturated carbocycles. The molecule has 0 saturated heterocycles. The summed E-state index contributed by atoms with van der Waals surface area (Å²) in [5.74, 6) is -0.147. The van der Waals surface area contributed by atoms with Gasteiger partial charge in [0.25, 0.3) is 5.91 Å². The van der Waals surface area contributed by atoms with Crippen LogP contribution in [0.2, 0.25) is 0 Å². The third kappa shape index (κ3) is 2.32. The molecule has 96 valence electrons. The van der Waals surface area contributed by atoms with E-state index in [0.29, 0.717) is 17.1 Å². The van der Waals surface area contributed by atoms with Crippen molar-refractivity contribution in [3.05, 3.63) is 45.6 Å². The fourth-order valence-corrected chi connectivity index (χ4v) is 3.42. The zero-order valence-corrected chi connectivity index (χ0v) is 11.6. The Labute approximate surface area is 117 Å². The second-order valence-corrected chi connectivity index (χ2v) is 5.79. The number of nitrogens with two attached hydrogens (primary N) is 1. The smallest absolute Gasteiger partial charge is 0.263 e. The van der Waals surface area contributed by atoms with Gasteiger partial charge in [0.1, 0.15) is 9.71 Å². The van der Waals surface area contributed by atoms with Crippen LogP contribution in [0.5, 0.6) is 0 Å². The van der Waals surface area contributed by atoms with Gasteiger partial charge in [-0.1, -0.05) is 0 Å². The number of nitrogens with one attached hydrogen (secondary N) is 1. The molecule has 19 heavy (non-hydrogen) atoms. The predicted molar refractivity (Wildman–Crippen MR) is 79.5 cm³/mol. The van der Waals surface area contributed by atoms with E-state index in [1.807, 2.05) is 29.0 Å². The van der Waals surface area contributed by atoms with Crippen molar-refractivity contribution in [1.29, 1.82) is 0 Å². The molecule has 0 fully saturated rings. The average molecular weight is 289 g/mol. The first-order chi connectivity index (χ1) is 9.25. The lowest BCUT2D eigenvalue weighted by Crippen LogP contribution is -2.22. The summed E-state index contributed by atoms with van der Waals surface area (Å²) >= 11 is 2.93. The lowest BCUT2D eigenvalue weighted by molar-refractivity contribution is 0.0956. The number of hydrogen-bond acceptors (Lipinski definition) is 5. The highest BCUT2D eigenvalue weighted by Gasteiger charge is 2.16. The summed E-state index contributed by atoms with van der Waals surface area (Å²) in [7, 11) is 0. The standard InChI is InChI=1S/C13H11N3OS2/c14-10-9-2-1-4-15-13(9)19-11(10)12(17)16-6-8-3-5-18-7-8/h1-5,7H,6,14H2,(H,16,17). The zero-order chi connectivity index (χ0) is 13.2. The first-order valence-electron chi connectivity index (χ1n) is 5.68. The molecule has 3 heterocycles. The summed E-state index contributed by atoms with van der Waals surface area (Å²) in [6.45, 7) is 0.517. The van der Waals surface area contributed by atoms with Gasteiger partial charge >= 0.3 is 0 Å². The monoisotopic (exact) mass is 289 g/mol.